The molecule has 0 saturated carbocycles. The van der Waals surface area contributed by atoms with Gasteiger partial charge in [0.15, 0.2) is 0 Å². The Morgan fingerprint density at radius 3 is 2.45 bits per heavy atom. The lowest BCUT2D eigenvalue weighted by molar-refractivity contribution is 0.688. The Labute approximate surface area is 121 Å². The summed E-state index contributed by atoms with van der Waals surface area (Å²) in [6.07, 6.45) is 3.08. The first-order valence-electron chi connectivity index (χ1n) is 7.08. The van der Waals surface area contributed by atoms with Crippen molar-refractivity contribution < 1.29 is 0 Å². The van der Waals surface area contributed by atoms with E-state index < -0.39 is 0 Å². The van der Waals surface area contributed by atoms with Crippen molar-refractivity contribution >= 4 is 5.69 Å². The van der Waals surface area contributed by atoms with Crippen molar-refractivity contribution in [3.05, 3.63) is 47.3 Å². The number of nitrogens with one attached hydrogen (secondary N) is 1. The highest BCUT2D eigenvalue weighted by molar-refractivity contribution is 5.45. The third-order valence-corrected chi connectivity index (χ3v) is 3.42. The lowest BCUT2D eigenvalue weighted by Crippen LogP contribution is -2.14. The Kier molecular flexibility index (Phi) is 4.79. The van der Waals surface area contributed by atoms with Gasteiger partial charge >= 0.3 is 0 Å². The smallest absolute Gasteiger partial charge is 0.0666 e. The first-order valence-corrected chi connectivity index (χ1v) is 7.08. The molecular formula is C16H24N4. The van der Waals surface area contributed by atoms with Crippen molar-refractivity contribution in [2.45, 2.75) is 26.4 Å². The molecule has 1 aromatic heterocycles. The number of rotatable bonds is 6. The van der Waals surface area contributed by atoms with Crippen LogP contribution in [-0.4, -0.2) is 23.9 Å². The molecule has 0 unspecified atom stereocenters. The molecule has 0 bridgehead atoms. The molecule has 0 aliphatic carbocycles. The Bertz CT molecular complexity index is 540. The number of anilines is 1. The maximum absolute atomic E-state index is 4.46. The lowest BCUT2D eigenvalue weighted by Gasteiger charge is -2.12. The number of hydrogen-bond acceptors (Lipinski definition) is 3. The van der Waals surface area contributed by atoms with Gasteiger partial charge in [-0.3, -0.25) is 4.68 Å². The summed E-state index contributed by atoms with van der Waals surface area (Å²) >= 11 is 0. The van der Waals surface area contributed by atoms with Gasteiger partial charge in [0.25, 0.3) is 0 Å². The fraction of sp³-hybridized carbons (Fsp3) is 0.438. The summed E-state index contributed by atoms with van der Waals surface area (Å²) in [7, 11) is 6.09. The van der Waals surface area contributed by atoms with Gasteiger partial charge in [0.05, 0.1) is 5.69 Å². The summed E-state index contributed by atoms with van der Waals surface area (Å²) in [4.78, 5) is 2.11. The second-order valence-electron chi connectivity index (χ2n) is 5.29. The van der Waals surface area contributed by atoms with Crippen LogP contribution in [0.3, 0.4) is 0 Å². The van der Waals surface area contributed by atoms with E-state index in [-0.39, 0.29) is 0 Å². The zero-order valence-corrected chi connectivity index (χ0v) is 12.8. The first-order chi connectivity index (χ1) is 9.60. The van der Waals surface area contributed by atoms with Gasteiger partial charge in [0, 0.05) is 51.7 Å². The molecule has 0 saturated heterocycles. The van der Waals surface area contributed by atoms with Crippen LogP contribution in [0.4, 0.5) is 5.69 Å². The molecule has 20 heavy (non-hydrogen) atoms. The average molecular weight is 272 g/mol. The highest BCUT2D eigenvalue weighted by atomic mass is 15.3. The minimum Gasteiger partial charge on any atom is -0.378 e. The predicted octanol–water partition coefficient (Wildman–Crippen LogP) is 2.34. The van der Waals surface area contributed by atoms with Crippen molar-refractivity contribution in [1.29, 1.82) is 0 Å². The Morgan fingerprint density at radius 1 is 1.15 bits per heavy atom. The standard InChI is InChI=1S/C16H24N4/c1-5-16-14(12-20(4)18-16)11-17-10-13-6-8-15(9-7-13)19(2)3/h6-9,12,17H,5,10-11H2,1-4H3. The predicted molar refractivity (Wildman–Crippen MR) is 83.9 cm³/mol. The minimum atomic E-state index is 0.868. The van der Waals surface area contributed by atoms with Crippen LogP contribution in [0.25, 0.3) is 0 Å². The topological polar surface area (TPSA) is 33.1 Å². The van der Waals surface area contributed by atoms with Crippen molar-refractivity contribution in [2.75, 3.05) is 19.0 Å². The number of aromatic nitrogens is 2. The van der Waals surface area contributed by atoms with Gasteiger partial charge in [-0.15, -0.1) is 0 Å². The second-order valence-corrected chi connectivity index (χ2v) is 5.29. The number of hydrogen-bond donors (Lipinski definition) is 1. The largest absolute Gasteiger partial charge is 0.378 e. The summed E-state index contributed by atoms with van der Waals surface area (Å²) < 4.78 is 1.89. The van der Waals surface area contributed by atoms with Crippen LogP contribution >= 0.6 is 0 Å². The molecule has 0 radical (unpaired) electrons. The first kappa shape index (κ1) is 14.6. The van der Waals surface area contributed by atoms with Crippen LogP contribution in [0.5, 0.6) is 0 Å². The Morgan fingerprint density at radius 2 is 1.85 bits per heavy atom. The monoisotopic (exact) mass is 272 g/mol. The van der Waals surface area contributed by atoms with E-state index in [0.717, 1.165) is 19.5 Å². The molecule has 2 aromatic rings. The lowest BCUT2D eigenvalue weighted by atomic mass is 10.2. The summed E-state index contributed by atoms with van der Waals surface area (Å²) in [5, 5.41) is 7.94. The number of nitrogens with zero attached hydrogens (tertiary/aromatic N) is 3. The third-order valence-electron chi connectivity index (χ3n) is 3.42. The van der Waals surface area contributed by atoms with E-state index in [4.69, 9.17) is 0 Å². The van der Waals surface area contributed by atoms with Gasteiger partial charge in [0.2, 0.25) is 0 Å². The zero-order valence-electron chi connectivity index (χ0n) is 12.8. The van der Waals surface area contributed by atoms with Gasteiger partial charge in [-0.05, 0) is 24.1 Å². The quantitative estimate of drug-likeness (QED) is 0.876. The van der Waals surface area contributed by atoms with Gasteiger partial charge in [-0.2, -0.15) is 5.10 Å². The Balaban J connectivity index is 1.89. The Hall–Kier alpha value is -1.81. The SMILES string of the molecule is CCc1nn(C)cc1CNCc1ccc(N(C)C)cc1. The number of benzene rings is 1. The molecular weight excluding hydrogens is 248 g/mol. The van der Waals surface area contributed by atoms with Crippen LogP contribution < -0.4 is 10.2 Å². The molecule has 0 aliphatic heterocycles. The maximum atomic E-state index is 4.46. The van der Waals surface area contributed by atoms with Crippen LogP contribution in [0.1, 0.15) is 23.7 Å². The molecule has 4 heteroatoms. The molecule has 1 N–H and O–H groups in total. The van der Waals surface area contributed by atoms with Crippen LogP contribution in [0.2, 0.25) is 0 Å². The van der Waals surface area contributed by atoms with E-state index in [9.17, 15) is 0 Å². The molecule has 0 aliphatic rings. The van der Waals surface area contributed by atoms with Crippen molar-refractivity contribution in [1.82, 2.24) is 15.1 Å². The molecule has 1 aromatic carbocycles. The van der Waals surface area contributed by atoms with E-state index in [2.05, 4.69) is 66.8 Å². The van der Waals surface area contributed by atoms with Crippen LogP contribution in [0.15, 0.2) is 30.5 Å². The van der Waals surface area contributed by atoms with Crippen molar-refractivity contribution in [3.8, 4) is 0 Å². The zero-order chi connectivity index (χ0) is 14.5. The normalized spacial score (nSPS) is 10.8. The van der Waals surface area contributed by atoms with E-state index in [0.29, 0.717) is 0 Å². The molecule has 0 fully saturated rings. The van der Waals surface area contributed by atoms with Crippen molar-refractivity contribution in [2.24, 2.45) is 7.05 Å². The summed E-state index contributed by atoms with van der Waals surface area (Å²) in [5.74, 6) is 0. The minimum absolute atomic E-state index is 0.868. The third kappa shape index (κ3) is 3.61. The fourth-order valence-corrected chi connectivity index (χ4v) is 2.28. The summed E-state index contributed by atoms with van der Waals surface area (Å²) in [6, 6.07) is 8.65. The van der Waals surface area contributed by atoms with Gasteiger partial charge in [-0.25, -0.2) is 0 Å². The van der Waals surface area contributed by atoms with E-state index in [1.54, 1.807) is 0 Å². The van der Waals surface area contributed by atoms with Gasteiger partial charge in [0.1, 0.15) is 0 Å². The molecule has 0 amide bonds. The molecule has 2 rings (SSSR count). The fourth-order valence-electron chi connectivity index (χ4n) is 2.28. The van der Waals surface area contributed by atoms with Crippen LogP contribution in [0, 0.1) is 0 Å². The number of aryl methyl sites for hydroxylation is 2. The van der Waals surface area contributed by atoms with E-state index in [1.807, 2.05) is 11.7 Å². The average Bonchev–Trinajstić information content (AvgIpc) is 2.79. The molecule has 0 spiro atoms. The maximum Gasteiger partial charge on any atom is 0.0666 e. The summed E-state index contributed by atoms with van der Waals surface area (Å²) in [6.45, 7) is 3.89. The molecule has 0 atom stereocenters. The highest BCUT2D eigenvalue weighted by Gasteiger charge is 2.05. The van der Waals surface area contributed by atoms with E-state index >= 15 is 0 Å². The van der Waals surface area contributed by atoms with Gasteiger partial charge in [-0.1, -0.05) is 19.1 Å². The van der Waals surface area contributed by atoms with E-state index in [1.165, 1.54) is 22.5 Å². The van der Waals surface area contributed by atoms with Crippen molar-refractivity contribution in [3.63, 3.8) is 0 Å². The molecule has 108 valence electrons. The van der Waals surface area contributed by atoms with Crippen LogP contribution in [-0.2, 0) is 26.6 Å². The molecule has 1 heterocycles. The highest BCUT2D eigenvalue weighted by Crippen LogP contribution is 2.12. The van der Waals surface area contributed by atoms with Gasteiger partial charge < -0.3 is 10.2 Å². The summed E-state index contributed by atoms with van der Waals surface area (Å²) in [5.41, 5.74) is 5.01. The second kappa shape index (κ2) is 6.57. The molecule has 4 nitrogen and oxygen atoms in total.